The van der Waals surface area contributed by atoms with Crippen molar-refractivity contribution in [2.75, 3.05) is 27.2 Å². The normalized spacial score (nSPS) is 11.3. The second-order valence-corrected chi connectivity index (χ2v) is 5.58. The SMILES string of the molecule is CN(C)CCOc1ccc(-c2c(CO)cc3ccccn23)nn1. The van der Waals surface area contributed by atoms with Crippen LogP contribution in [0.25, 0.3) is 16.9 Å². The number of pyridine rings is 1. The molecule has 6 nitrogen and oxygen atoms in total. The van der Waals surface area contributed by atoms with Gasteiger partial charge in [0.25, 0.3) is 0 Å². The Bertz CT molecular complexity index is 781. The highest BCUT2D eigenvalue weighted by Crippen LogP contribution is 2.26. The molecule has 0 unspecified atom stereocenters. The van der Waals surface area contributed by atoms with Crippen LogP contribution in [0.3, 0.4) is 0 Å². The summed E-state index contributed by atoms with van der Waals surface area (Å²) >= 11 is 0. The number of likely N-dealkylation sites (N-methyl/N-ethyl adjacent to an activating group) is 1. The number of hydrogen-bond donors (Lipinski definition) is 1. The zero-order valence-electron chi connectivity index (χ0n) is 13.3. The van der Waals surface area contributed by atoms with Gasteiger partial charge in [0.1, 0.15) is 12.3 Å². The minimum atomic E-state index is -0.0419. The summed E-state index contributed by atoms with van der Waals surface area (Å²) in [7, 11) is 3.98. The molecule has 0 aromatic carbocycles. The Hall–Kier alpha value is -2.44. The minimum Gasteiger partial charge on any atom is -0.475 e. The Balaban J connectivity index is 1.87. The lowest BCUT2D eigenvalue weighted by Gasteiger charge is -2.10. The average Bonchev–Trinajstić information content (AvgIpc) is 2.94. The molecule has 0 aliphatic rings. The van der Waals surface area contributed by atoms with E-state index in [2.05, 4.69) is 10.2 Å². The zero-order chi connectivity index (χ0) is 16.2. The van der Waals surface area contributed by atoms with Crippen LogP contribution < -0.4 is 4.74 Å². The van der Waals surface area contributed by atoms with Gasteiger partial charge in [0.05, 0.1) is 12.3 Å². The van der Waals surface area contributed by atoms with Crippen LogP contribution in [0.5, 0.6) is 5.88 Å². The van der Waals surface area contributed by atoms with Crippen molar-refractivity contribution < 1.29 is 9.84 Å². The first-order chi connectivity index (χ1) is 11.2. The number of aliphatic hydroxyl groups excluding tert-OH is 1. The van der Waals surface area contributed by atoms with Crippen LogP contribution in [-0.4, -0.2) is 51.9 Å². The molecule has 0 fully saturated rings. The maximum atomic E-state index is 9.61. The fourth-order valence-electron chi connectivity index (χ4n) is 2.44. The average molecular weight is 312 g/mol. The van der Waals surface area contributed by atoms with Crippen molar-refractivity contribution in [2.24, 2.45) is 0 Å². The summed E-state index contributed by atoms with van der Waals surface area (Å²) in [6.45, 7) is 1.35. The Labute approximate surface area is 135 Å². The summed E-state index contributed by atoms with van der Waals surface area (Å²) < 4.78 is 7.56. The van der Waals surface area contributed by atoms with E-state index in [1.165, 1.54) is 0 Å². The second-order valence-electron chi connectivity index (χ2n) is 5.58. The first kappa shape index (κ1) is 15.5. The Morgan fingerprint density at radius 1 is 1.17 bits per heavy atom. The number of hydrogen-bond acceptors (Lipinski definition) is 5. The molecule has 23 heavy (non-hydrogen) atoms. The zero-order valence-corrected chi connectivity index (χ0v) is 13.3. The predicted octanol–water partition coefficient (Wildman–Crippen LogP) is 1.83. The molecular weight excluding hydrogens is 292 g/mol. The number of fused-ring (bicyclic) bond motifs is 1. The summed E-state index contributed by atoms with van der Waals surface area (Å²) in [6.07, 6.45) is 1.95. The third-order valence-electron chi connectivity index (χ3n) is 3.60. The lowest BCUT2D eigenvalue weighted by Crippen LogP contribution is -2.19. The largest absolute Gasteiger partial charge is 0.475 e. The molecule has 0 atom stereocenters. The van der Waals surface area contributed by atoms with Crippen LogP contribution in [0.4, 0.5) is 0 Å². The molecule has 0 amide bonds. The number of rotatable bonds is 6. The van der Waals surface area contributed by atoms with Gasteiger partial charge in [-0.05, 0) is 38.4 Å². The Kier molecular flexibility index (Phi) is 4.55. The van der Waals surface area contributed by atoms with Crippen LogP contribution in [0, 0.1) is 0 Å². The van der Waals surface area contributed by atoms with E-state index in [4.69, 9.17) is 4.74 Å². The second kappa shape index (κ2) is 6.76. The molecular formula is C17H20N4O2. The molecule has 3 heterocycles. The Morgan fingerprint density at radius 2 is 2.04 bits per heavy atom. The highest BCUT2D eigenvalue weighted by Gasteiger charge is 2.13. The first-order valence-corrected chi connectivity index (χ1v) is 7.50. The van der Waals surface area contributed by atoms with Crippen molar-refractivity contribution in [3.63, 3.8) is 0 Å². The Morgan fingerprint density at radius 3 is 2.74 bits per heavy atom. The molecule has 0 radical (unpaired) electrons. The molecule has 0 spiro atoms. The summed E-state index contributed by atoms with van der Waals surface area (Å²) in [5.74, 6) is 0.502. The molecule has 0 bridgehead atoms. The molecule has 120 valence electrons. The van der Waals surface area contributed by atoms with Crippen molar-refractivity contribution in [1.29, 1.82) is 0 Å². The lowest BCUT2D eigenvalue weighted by molar-refractivity contribution is 0.252. The van der Waals surface area contributed by atoms with E-state index in [0.717, 1.165) is 23.3 Å². The number of aliphatic hydroxyl groups is 1. The summed E-state index contributed by atoms with van der Waals surface area (Å²) in [5.41, 5.74) is 3.40. The van der Waals surface area contributed by atoms with E-state index in [0.29, 0.717) is 18.2 Å². The van der Waals surface area contributed by atoms with Gasteiger partial charge in [-0.1, -0.05) is 6.07 Å². The quantitative estimate of drug-likeness (QED) is 0.752. The highest BCUT2D eigenvalue weighted by atomic mass is 16.5. The van der Waals surface area contributed by atoms with Crippen LogP contribution in [0.15, 0.2) is 42.6 Å². The number of ether oxygens (including phenoxy) is 1. The summed E-state index contributed by atoms with van der Waals surface area (Å²) in [5, 5.41) is 18.0. The fraction of sp³-hybridized carbons (Fsp3) is 0.294. The van der Waals surface area contributed by atoms with Gasteiger partial charge in [0.15, 0.2) is 0 Å². The molecule has 3 aromatic rings. The predicted molar refractivity (Wildman–Crippen MR) is 88.4 cm³/mol. The van der Waals surface area contributed by atoms with Gasteiger partial charge < -0.3 is 19.1 Å². The van der Waals surface area contributed by atoms with Crippen molar-refractivity contribution in [1.82, 2.24) is 19.5 Å². The van der Waals surface area contributed by atoms with Crippen LogP contribution in [-0.2, 0) is 6.61 Å². The molecule has 0 aliphatic carbocycles. The fourth-order valence-corrected chi connectivity index (χ4v) is 2.44. The van der Waals surface area contributed by atoms with Crippen molar-refractivity contribution in [2.45, 2.75) is 6.61 Å². The summed E-state index contributed by atoms with van der Waals surface area (Å²) in [4.78, 5) is 2.04. The molecule has 0 saturated carbocycles. The molecule has 1 N–H and O–H groups in total. The molecule has 0 aliphatic heterocycles. The standard InChI is InChI=1S/C17H20N4O2/c1-20(2)9-10-23-16-7-6-15(18-19-16)17-13(12-22)11-14-5-3-4-8-21(14)17/h3-8,11,22H,9-10,12H2,1-2H3. The molecule has 6 heteroatoms. The van der Waals surface area contributed by atoms with Gasteiger partial charge in [-0.15, -0.1) is 10.2 Å². The maximum absolute atomic E-state index is 9.61. The van der Waals surface area contributed by atoms with Gasteiger partial charge in [-0.2, -0.15) is 0 Å². The van der Waals surface area contributed by atoms with Gasteiger partial charge in [0, 0.05) is 29.9 Å². The van der Waals surface area contributed by atoms with E-state index in [-0.39, 0.29) is 6.61 Å². The van der Waals surface area contributed by atoms with Crippen molar-refractivity contribution >= 4 is 5.52 Å². The third-order valence-corrected chi connectivity index (χ3v) is 3.60. The van der Waals surface area contributed by atoms with Crippen molar-refractivity contribution in [3.8, 4) is 17.3 Å². The first-order valence-electron chi connectivity index (χ1n) is 7.50. The number of nitrogens with zero attached hydrogens (tertiary/aromatic N) is 4. The topological polar surface area (TPSA) is 62.9 Å². The van der Waals surface area contributed by atoms with Crippen LogP contribution in [0.1, 0.15) is 5.56 Å². The third kappa shape index (κ3) is 3.33. The maximum Gasteiger partial charge on any atom is 0.233 e. The van der Waals surface area contributed by atoms with E-state index >= 15 is 0 Å². The van der Waals surface area contributed by atoms with E-state index in [1.807, 2.05) is 66.0 Å². The summed E-state index contributed by atoms with van der Waals surface area (Å²) in [6, 6.07) is 11.5. The van der Waals surface area contributed by atoms with Gasteiger partial charge >= 0.3 is 0 Å². The van der Waals surface area contributed by atoms with Crippen LogP contribution in [0.2, 0.25) is 0 Å². The van der Waals surface area contributed by atoms with Crippen LogP contribution >= 0.6 is 0 Å². The van der Waals surface area contributed by atoms with E-state index in [9.17, 15) is 5.11 Å². The van der Waals surface area contributed by atoms with E-state index in [1.54, 1.807) is 0 Å². The van der Waals surface area contributed by atoms with E-state index < -0.39 is 0 Å². The molecule has 3 rings (SSSR count). The smallest absolute Gasteiger partial charge is 0.233 e. The monoisotopic (exact) mass is 312 g/mol. The molecule has 0 saturated heterocycles. The molecule has 3 aromatic heterocycles. The van der Waals surface area contributed by atoms with Crippen molar-refractivity contribution in [3.05, 3.63) is 48.2 Å². The minimum absolute atomic E-state index is 0.0419. The van der Waals surface area contributed by atoms with Gasteiger partial charge in [-0.3, -0.25) is 0 Å². The highest BCUT2D eigenvalue weighted by molar-refractivity contribution is 5.69. The lowest BCUT2D eigenvalue weighted by atomic mass is 10.2. The van der Waals surface area contributed by atoms with Gasteiger partial charge in [0.2, 0.25) is 5.88 Å². The number of aromatic nitrogens is 3. The van der Waals surface area contributed by atoms with Gasteiger partial charge in [-0.25, -0.2) is 0 Å².